The zero-order chi connectivity index (χ0) is 13.2. The minimum atomic E-state index is -3.13. The molecular formula is C15H14O2S. The molecule has 0 aliphatic heterocycles. The topological polar surface area (TPSA) is 34.1 Å². The van der Waals surface area contributed by atoms with E-state index < -0.39 is 9.84 Å². The first-order valence-corrected chi connectivity index (χ1v) is 7.43. The second kappa shape index (κ2) is 4.78. The second-order valence-corrected chi connectivity index (χ2v) is 6.14. The van der Waals surface area contributed by atoms with Crippen LogP contribution in [0.3, 0.4) is 0 Å². The molecule has 0 aliphatic carbocycles. The Kier molecular flexibility index (Phi) is 3.34. The zero-order valence-electron chi connectivity index (χ0n) is 10.1. The standard InChI is InChI=1S/C15H14O2S/c1-3-12-4-6-13(7-5-12)14-8-10-15(11-9-14)18(2,16)17/h3-11H,1H2,2H3. The van der Waals surface area contributed by atoms with Crippen LogP contribution in [-0.4, -0.2) is 14.7 Å². The van der Waals surface area contributed by atoms with Gasteiger partial charge in [-0.15, -0.1) is 0 Å². The quantitative estimate of drug-likeness (QED) is 0.845. The van der Waals surface area contributed by atoms with Crippen LogP contribution in [0.4, 0.5) is 0 Å². The Morgan fingerprint density at radius 1 is 0.889 bits per heavy atom. The lowest BCUT2D eigenvalue weighted by Gasteiger charge is -2.04. The maximum atomic E-state index is 11.4. The van der Waals surface area contributed by atoms with Crippen molar-refractivity contribution >= 4 is 15.9 Å². The summed E-state index contributed by atoms with van der Waals surface area (Å²) >= 11 is 0. The first-order chi connectivity index (χ1) is 8.50. The van der Waals surface area contributed by atoms with Crippen LogP contribution in [0.1, 0.15) is 5.56 Å². The van der Waals surface area contributed by atoms with E-state index in [0.29, 0.717) is 4.90 Å². The minimum Gasteiger partial charge on any atom is -0.224 e. The number of hydrogen-bond acceptors (Lipinski definition) is 2. The molecule has 0 saturated heterocycles. The van der Waals surface area contributed by atoms with Gasteiger partial charge in [0.15, 0.2) is 9.84 Å². The van der Waals surface area contributed by atoms with Gasteiger partial charge in [-0.3, -0.25) is 0 Å². The van der Waals surface area contributed by atoms with E-state index in [1.807, 2.05) is 36.4 Å². The Balaban J connectivity index is 2.37. The Labute approximate surface area is 108 Å². The van der Waals surface area contributed by atoms with Gasteiger partial charge in [0.05, 0.1) is 4.90 Å². The lowest BCUT2D eigenvalue weighted by molar-refractivity contribution is 0.602. The molecule has 0 bridgehead atoms. The van der Waals surface area contributed by atoms with Crippen LogP contribution in [0.25, 0.3) is 17.2 Å². The summed E-state index contributed by atoms with van der Waals surface area (Å²) in [4.78, 5) is 0.342. The van der Waals surface area contributed by atoms with E-state index in [9.17, 15) is 8.42 Å². The molecule has 92 valence electrons. The molecule has 0 spiro atoms. The van der Waals surface area contributed by atoms with Crippen LogP contribution in [0.15, 0.2) is 60.0 Å². The van der Waals surface area contributed by atoms with Crippen molar-refractivity contribution in [3.05, 3.63) is 60.7 Å². The highest BCUT2D eigenvalue weighted by Gasteiger charge is 2.06. The first-order valence-electron chi connectivity index (χ1n) is 5.54. The van der Waals surface area contributed by atoms with E-state index in [-0.39, 0.29) is 0 Å². The van der Waals surface area contributed by atoms with Crippen molar-refractivity contribution in [2.24, 2.45) is 0 Å². The van der Waals surface area contributed by atoms with Crippen LogP contribution >= 0.6 is 0 Å². The monoisotopic (exact) mass is 258 g/mol. The summed E-state index contributed by atoms with van der Waals surface area (Å²) in [6.07, 6.45) is 3.00. The highest BCUT2D eigenvalue weighted by molar-refractivity contribution is 7.90. The smallest absolute Gasteiger partial charge is 0.175 e. The fourth-order valence-corrected chi connectivity index (χ4v) is 2.34. The largest absolute Gasteiger partial charge is 0.224 e. The predicted octanol–water partition coefficient (Wildman–Crippen LogP) is 3.40. The van der Waals surface area contributed by atoms with Crippen molar-refractivity contribution in [2.45, 2.75) is 4.90 Å². The Morgan fingerprint density at radius 2 is 1.33 bits per heavy atom. The Hall–Kier alpha value is -1.87. The van der Waals surface area contributed by atoms with Gasteiger partial charge in [0.2, 0.25) is 0 Å². The highest BCUT2D eigenvalue weighted by Crippen LogP contribution is 2.22. The minimum absolute atomic E-state index is 0.342. The fourth-order valence-electron chi connectivity index (χ4n) is 1.71. The van der Waals surface area contributed by atoms with Crippen molar-refractivity contribution in [3.63, 3.8) is 0 Å². The van der Waals surface area contributed by atoms with Crippen LogP contribution in [0.5, 0.6) is 0 Å². The molecule has 0 aromatic heterocycles. The van der Waals surface area contributed by atoms with Gasteiger partial charge in [-0.25, -0.2) is 8.42 Å². The van der Waals surface area contributed by atoms with Crippen molar-refractivity contribution in [1.82, 2.24) is 0 Å². The SMILES string of the molecule is C=Cc1ccc(-c2ccc(S(C)(=O)=O)cc2)cc1. The van der Waals surface area contributed by atoms with E-state index in [4.69, 9.17) is 0 Å². The summed E-state index contributed by atoms with van der Waals surface area (Å²) in [6.45, 7) is 3.71. The van der Waals surface area contributed by atoms with Crippen LogP contribution in [0, 0.1) is 0 Å². The maximum Gasteiger partial charge on any atom is 0.175 e. The first kappa shape index (κ1) is 12.6. The third-order valence-electron chi connectivity index (χ3n) is 2.76. The second-order valence-electron chi connectivity index (χ2n) is 4.12. The van der Waals surface area contributed by atoms with Gasteiger partial charge in [-0.05, 0) is 28.8 Å². The van der Waals surface area contributed by atoms with E-state index >= 15 is 0 Å². The molecule has 3 heteroatoms. The summed E-state index contributed by atoms with van der Waals surface area (Å²) in [5.41, 5.74) is 3.12. The van der Waals surface area contributed by atoms with Crippen molar-refractivity contribution in [1.29, 1.82) is 0 Å². The van der Waals surface area contributed by atoms with Crippen molar-refractivity contribution in [3.8, 4) is 11.1 Å². The van der Waals surface area contributed by atoms with Crippen molar-refractivity contribution < 1.29 is 8.42 Å². The Bertz CT molecular complexity index is 651. The summed E-state index contributed by atoms with van der Waals surface area (Å²) in [5, 5.41) is 0. The molecule has 0 amide bonds. The molecule has 0 heterocycles. The fraction of sp³-hybridized carbons (Fsp3) is 0.0667. The molecule has 0 fully saturated rings. The molecule has 2 aromatic carbocycles. The molecule has 18 heavy (non-hydrogen) atoms. The molecule has 2 aromatic rings. The van der Waals surface area contributed by atoms with Gasteiger partial charge in [0, 0.05) is 6.26 Å². The number of hydrogen-bond donors (Lipinski definition) is 0. The number of benzene rings is 2. The average Bonchev–Trinajstić information content (AvgIpc) is 2.38. The van der Waals surface area contributed by atoms with Crippen LogP contribution in [0.2, 0.25) is 0 Å². The average molecular weight is 258 g/mol. The molecule has 0 N–H and O–H groups in total. The van der Waals surface area contributed by atoms with E-state index in [1.165, 1.54) is 6.26 Å². The molecule has 0 saturated carbocycles. The van der Waals surface area contributed by atoms with Crippen LogP contribution < -0.4 is 0 Å². The van der Waals surface area contributed by atoms with Crippen molar-refractivity contribution in [2.75, 3.05) is 6.26 Å². The molecular weight excluding hydrogens is 244 g/mol. The molecule has 0 aliphatic rings. The third kappa shape index (κ3) is 2.68. The summed E-state index contributed by atoms with van der Waals surface area (Å²) < 4.78 is 22.7. The van der Waals surface area contributed by atoms with Crippen LogP contribution in [-0.2, 0) is 9.84 Å². The summed E-state index contributed by atoms with van der Waals surface area (Å²) in [7, 11) is -3.13. The third-order valence-corrected chi connectivity index (χ3v) is 3.89. The lowest BCUT2D eigenvalue weighted by atomic mass is 10.0. The number of rotatable bonds is 3. The van der Waals surface area contributed by atoms with Gasteiger partial charge >= 0.3 is 0 Å². The lowest BCUT2D eigenvalue weighted by Crippen LogP contribution is -1.96. The zero-order valence-corrected chi connectivity index (χ0v) is 10.9. The van der Waals surface area contributed by atoms with Gasteiger partial charge in [-0.1, -0.05) is 49.1 Å². The molecule has 2 nitrogen and oxygen atoms in total. The predicted molar refractivity (Wildman–Crippen MR) is 75.1 cm³/mol. The van der Waals surface area contributed by atoms with Gasteiger partial charge < -0.3 is 0 Å². The van der Waals surface area contributed by atoms with E-state index in [2.05, 4.69) is 6.58 Å². The molecule has 0 radical (unpaired) electrons. The molecule has 0 unspecified atom stereocenters. The number of sulfone groups is 1. The summed E-state index contributed by atoms with van der Waals surface area (Å²) in [5.74, 6) is 0. The Morgan fingerprint density at radius 3 is 1.72 bits per heavy atom. The van der Waals surface area contributed by atoms with Gasteiger partial charge in [0.25, 0.3) is 0 Å². The molecule has 2 rings (SSSR count). The summed E-state index contributed by atoms with van der Waals surface area (Å²) in [6, 6.07) is 14.8. The van der Waals surface area contributed by atoms with Gasteiger partial charge in [0.1, 0.15) is 0 Å². The highest BCUT2D eigenvalue weighted by atomic mass is 32.2. The van der Waals surface area contributed by atoms with E-state index in [0.717, 1.165) is 16.7 Å². The molecule has 0 atom stereocenters. The normalized spacial score (nSPS) is 11.2. The van der Waals surface area contributed by atoms with Gasteiger partial charge in [-0.2, -0.15) is 0 Å². The maximum absolute atomic E-state index is 11.4. The van der Waals surface area contributed by atoms with E-state index in [1.54, 1.807) is 18.2 Å².